The van der Waals surface area contributed by atoms with Crippen molar-refractivity contribution in [2.24, 2.45) is 0 Å². The number of rotatable bonds is 0. The number of hydrogen-bond acceptors (Lipinski definition) is 4. The Kier molecular flexibility index (Phi) is 469. The van der Waals surface area contributed by atoms with Gasteiger partial charge in [-0.25, -0.2) is 0 Å². The molecule has 0 aliphatic heterocycles. The molecule has 4 nitrogen and oxygen atoms in total. The van der Waals surface area contributed by atoms with Crippen molar-refractivity contribution in [1.29, 1.82) is 0 Å². The Hall–Kier alpha value is 15.1. The van der Waals surface area contributed by atoms with Crippen LogP contribution in [0.3, 0.4) is 0 Å². The van der Waals surface area contributed by atoms with Gasteiger partial charge in [-0.3, -0.25) is 0 Å². The van der Waals surface area contributed by atoms with Gasteiger partial charge >= 0.3 is 443 Å². The second kappa shape index (κ2) is 83.9. The van der Waals surface area contributed by atoms with Crippen molar-refractivity contribution in [2.75, 3.05) is 0 Å². The van der Waals surface area contributed by atoms with Gasteiger partial charge in [-0.1, -0.05) is 0 Å². The van der Waals surface area contributed by atoms with E-state index in [-0.39, 0.29) is 443 Å². The first-order chi connectivity index (χ1) is 2.00. The van der Waals surface area contributed by atoms with Crippen LogP contribution in [0.2, 0.25) is 0 Å². The first kappa shape index (κ1) is 112. The third-order valence-electron chi connectivity index (χ3n) is 0. The van der Waals surface area contributed by atoms with Gasteiger partial charge in [-0.15, -0.1) is 0 Å². The number of phosphoric acid groups is 1. The van der Waals surface area contributed by atoms with Crippen molar-refractivity contribution in [1.82, 2.24) is 0 Å². The van der Waals surface area contributed by atoms with Crippen LogP contribution in [0.4, 0.5) is 0 Å². The van der Waals surface area contributed by atoms with Gasteiger partial charge in [0.05, 0.1) is 0 Å². The minimum absolute atomic E-state index is 0. The Balaban J connectivity index is -0.000000000762. The second-order valence-electron chi connectivity index (χ2n) is 0.447. The van der Waals surface area contributed by atoms with Crippen LogP contribution in [0.25, 0.3) is 0 Å². The predicted octanol–water partition coefficient (Wildman–Crippen LogP) is -19.6. The fourth-order valence-electron chi connectivity index (χ4n) is 0. The molecule has 0 aromatic carbocycles. The van der Waals surface area contributed by atoms with Gasteiger partial charge < -0.3 is 19.2 Å². The quantitative estimate of drug-likeness (QED) is 0.270. The molecule has 0 aliphatic rings. The summed E-state index contributed by atoms with van der Waals surface area (Å²) < 4.78 is 8.55. The Morgan fingerprint density at radius 3 is 0.400 bits per heavy atom. The van der Waals surface area contributed by atoms with Crippen LogP contribution in [-0.4, -0.2) is 355 Å². The zero-order valence-electron chi connectivity index (χ0n) is 5.08. The molecule has 0 saturated heterocycles. The van der Waals surface area contributed by atoms with Crippen LogP contribution >= 0.6 is 7.82 Å². The summed E-state index contributed by atoms with van der Waals surface area (Å²) in [6.07, 6.45) is 0. The third-order valence-corrected chi connectivity index (χ3v) is 0. The molecule has 0 amide bonds. The summed E-state index contributed by atoms with van der Waals surface area (Å²) in [5.41, 5.74) is 0. The summed E-state index contributed by atoms with van der Waals surface area (Å²) in [5.74, 6) is 0. The molecule has 0 aromatic rings. The van der Waals surface area contributed by atoms with Crippen molar-refractivity contribution >= 4 is 363 Å². The van der Waals surface area contributed by atoms with Crippen LogP contribution in [0, 0.1) is 0 Å². The first-order valence-electron chi connectivity index (χ1n) is 0.730. The molecule has 0 radical (unpaired) electrons. The summed E-state index contributed by atoms with van der Waals surface area (Å²) in [7, 11) is -5.39. The molecule has 20 heavy (non-hydrogen) atoms. The van der Waals surface area contributed by atoms with Crippen molar-refractivity contribution in [3.05, 3.63) is 0 Å². The summed E-state index contributed by atoms with van der Waals surface area (Å²) in [4.78, 5) is 25.6. The Labute approximate surface area is 455 Å². The van der Waals surface area contributed by atoms with E-state index >= 15 is 0 Å². The molecular formula is H12Na15O4P. The molecule has 0 atom stereocenters. The standard InChI is InChI=1S/15Na.H3O4P.12H/c;;;;;;;;;;;;;;;1-5(2,3)4;;;;;;;;;;;;/h;;;;;;;;;;;;;;;(H3,1,2,3,4);;;;;;;;;;;;/q;;;;;;;;;;;;3*+1;;;;;;;;;;;;;/p-3. The van der Waals surface area contributed by atoms with E-state index in [2.05, 4.69) is 0 Å². The van der Waals surface area contributed by atoms with E-state index < -0.39 is 7.82 Å². The SMILES string of the molecule is O=P([O-])([O-])[O-].[Na+].[Na+].[Na+].[NaH].[NaH].[NaH].[NaH].[NaH].[NaH].[NaH].[NaH].[NaH].[NaH].[NaH].[NaH]. The van der Waals surface area contributed by atoms with E-state index in [4.69, 9.17) is 19.2 Å². The Bertz CT molecular complexity index is 66.0. The molecule has 0 heterocycles. The molecule has 0 bridgehead atoms. The fourth-order valence-corrected chi connectivity index (χ4v) is 0. The zero-order valence-corrected chi connectivity index (χ0v) is 12.0. The van der Waals surface area contributed by atoms with Crippen LogP contribution < -0.4 is 103 Å². The predicted molar refractivity (Wildman–Crippen MR) is 93.4 cm³/mol. The monoisotopic (exact) mass is 452 g/mol. The Morgan fingerprint density at radius 2 is 0.400 bits per heavy atom. The van der Waals surface area contributed by atoms with Crippen molar-refractivity contribution in [2.45, 2.75) is 0 Å². The van der Waals surface area contributed by atoms with Crippen molar-refractivity contribution in [3.8, 4) is 0 Å². The zero-order chi connectivity index (χ0) is 4.50. The normalized spacial score (nSPS) is 2.95. The average molecular weight is 452 g/mol. The van der Waals surface area contributed by atoms with Gasteiger partial charge in [0.25, 0.3) is 0 Å². The van der Waals surface area contributed by atoms with Crippen LogP contribution in [0.15, 0.2) is 0 Å². The third kappa shape index (κ3) is 150. The van der Waals surface area contributed by atoms with Crippen LogP contribution in [0.5, 0.6) is 0 Å². The maximum atomic E-state index is 8.55. The van der Waals surface area contributed by atoms with Crippen molar-refractivity contribution in [3.63, 3.8) is 0 Å². The molecule has 0 aromatic heterocycles. The molecule has 0 spiro atoms. The molecule has 20 heteroatoms. The molecule has 56 valence electrons. The van der Waals surface area contributed by atoms with E-state index in [1.54, 1.807) is 0 Å². The van der Waals surface area contributed by atoms with E-state index in [0.29, 0.717) is 0 Å². The van der Waals surface area contributed by atoms with Gasteiger partial charge in [-0.2, -0.15) is 7.82 Å². The van der Waals surface area contributed by atoms with Gasteiger partial charge in [0, 0.05) is 0 Å². The maximum absolute atomic E-state index is 8.55. The molecule has 0 aliphatic carbocycles. The van der Waals surface area contributed by atoms with Crippen molar-refractivity contribution < 1.29 is 108 Å². The summed E-state index contributed by atoms with van der Waals surface area (Å²) in [6, 6.07) is 0. The summed E-state index contributed by atoms with van der Waals surface area (Å²) in [6.45, 7) is 0. The summed E-state index contributed by atoms with van der Waals surface area (Å²) in [5, 5.41) is 0. The Morgan fingerprint density at radius 1 is 0.400 bits per heavy atom. The molecule has 0 unspecified atom stereocenters. The van der Waals surface area contributed by atoms with Gasteiger partial charge in [-0.05, 0) is 0 Å². The van der Waals surface area contributed by atoms with E-state index in [1.807, 2.05) is 0 Å². The molecule has 0 saturated carbocycles. The van der Waals surface area contributed by atoms with Crippen LogP contribution in [-0.2, 0) is 4.57 Å². The summed E-state index contributed by atoms with van der Waals surface area (Å²) >= 11 is 0. The molecule has 0 fully saturated rings. The van der Waals surface area contributed by atoms with E-state index in [9.17, 15) is 0 Å². The molecule has 0 N–H and O–H groups in total. The van der Waals surface area contributed by atoms with Gasteiger partial charge in [0.1, 0.15) is 0 Å². The van der Waals surface area contributed by atoms with Crippen LogP contribution in [0.1, 0.15) is 0 Å². The minimum atomic E-state index is -5.39. The first-order valence-corrected chi connectivity index (χ1v) is 2.19. The molecular weight excluding hydrogens is 440 g/mol. The average Bonchev–Trinajstić information content (AvgIpc) is 0.722. The van der Waals surface area contributed by atoms with Gasteiger partial charge in [0.15, 0.2) is 0 Å². The topological polar surface area (TPSA) is 86.2 Å². The molecule has 0 rings (SSSR count). The van der Waals surface area contributed by atoms with E-state index in [0.717, 1.165) is 0 Å². The number of hydrogen-bond donors (Lipinski definition) is 0. The van der Waals surface area contributed by atoms with Gasteiger partial charge in [0.2, 0.25) is 0 Å². The second-order valence-corrected chi connectivity index (χ2v) is 1.34. The fraction of sp³-hybridized carbons (Fsp3) is 0. The van der Waals surface area contributed by atoms with E-state index in [1.165, 1.54) is 0 Å².